The minimum absolute atomic E-state index is 0.0485. The van der Waals surface area contributed by atoms with Crippen LogP contribution in [0.5, 0.6) is 0 Å². The minimum atomic E-state index is -3.80. The molecule has 2 fully saturated rings. The Kier molecular flexibility index (Phi) is 5.31. The van der Waals surface area contributed by atoms with Crippen molar-refractivity contribution in [1.82, 2.24) is 0 Å². The predicted octanol–water partition coefficient (Wildman–Crippen LogP) is 6.10. The molecule has 0 amide bonds. The SMILES string of the molecule is Cc1ccc(S(=O)(=O)N2C[C@@H]3[C@H](C[C@]4(c5ccccc5)OC[C@@]3(c3ccccc3)O4)c3ccccc32)cc1. The Labute approximate surface area is 223 Å². The molecule has 4 aromatic carbocycles. The van der Waals surface area contributed by atoms with Crippen molar-refractivity contribution in [2.24, 2.45) is 5.92 Å². The third-order valence-corrected chi connectivity index (χ3v) is 10.3. The van der Waals surface area contributed by atoms with Gasteiger partial charge in [0.2, 0.25) is 0 Å². The lowest BCUT2D eigenvalue weighted by Gasteiger charge is -2.52. The van der Waals surface area contributed by atoms with Gasteiger partial charge in [-0.2, -0.15) is 0 Å². The van der Waals surface area contributed by atoms with Crippen molar-refractivity contribution < 1.29 is 17.9 Å². The summed E-state index contributed by atoms with van der Waals surface area (Å²) in [5, 5.41) is 0. The Morgan fingerprint density at radius 2 is 1.42 bits per heavy atom. The predicted molar refractivity (Wildman–Crippen MR) is 146 cm³/mol. The zero-order valence-electron chi connectivity index (χ0n) is 21.2. The molecular weight excluding hydrogens is 494 g/mol. The molecule has 0 aromatic heterocycles. The van der Waals surface area contributed by atoms with Crippen molar-refractivity contribution in [2.75, 3.05) is 17.5 Å². The number of rotatable bonds is 4. The second kappa shape index (κ2) is 8.53. The lowest BCUT2D eigenvalue weighted by Crippen LogP contribution is -2.55. The molecule has 5 nitrogen and oxygen atoms in total. The fraction of sp³-hybridized carbons (Fsp3) is 0.250. The molecule has 3 heterocycles. The highest BCUT2D eigenvalue weighted by Gasteiger charge is 2.65. The zero-order chi connectivity index (χ0) is 26.0. The monoisotopic (exact) mass is 523 g/mol. The molecule has 0 aliphatic carbocycles. The number of hydrogen-bond donors (Lipinski definition) is 0. The summed E-state index contributed by atoms with van der Waals surface area (Å²) in [6.07, 6.45) is 0.617. The van der Waals surface area contributed by atoms with E-state index < -0.39 is 21.4 Å². The van der Waals surface area contributed by atoms with Crippen LogP contribution < -0.4 is 4.31 Å². The Bertz CT molecular complexity index is 1590. The number of hydrogen-bond acceptors (Lipinski definition) is 4. The van der Waals surface area contributed by atoms with Crippen LogP contribution in [0.3, 0.4) is 0 Å². The van der Waals surface area contributed by atoms with Gasteiger partial charge in [-0.05, 0) is 42.2 Å². The van der Waals surface area contributed by atoms with Crippen LogP contribution in [0.15, 0.2) is 114 Å². The van der Waals surface area contributed by atoms with Gasteiger partial charge >= 0.3 is 0 Å². The normalized spacial score (nSPS) is 28.0. The van der Waals surface area contributed by atoms with Crippen LogP contribution in [0.1, 0.15) is 34.6 Å². The molecule has 2 saturated heterocycles. The van der Waals surface area contributed by atoms with E-state index in [-0.39, 0.29) is 11.8 Å². The summed E-state index contributed by atoms with van der Waals surface area (Å²) in [6.45, 7) is 2.62. The first-order valence-electron chi connectivity index (χ1n) is 13.1. The average Bonchev–Trinajstić information content (AvgIpc) is 3.29. The smallest absolute Gasteiger partial charge is 0.264 e. The molecule has 2 bridgehead atoms. The lowest BCUT2D eigenvalue weighted by atomic mass is 9.66. The van der Waals surface area contributed by atoms with Gasteiger partial charge in [-0.3, -0.25) is 4.31 Å². The molecule has 3 aliphatic heterocycles. The number of benzene rings is 4. The van der Waals surface area contributed by atoms with Crippen molar-refractivity contribution in [3.05, 3.63) is 131 Å². The van der Waals surface area contributed by atoms with Gasteiger partial charge in [0.15, 0.2) is 5.79 Å². The third kappa shape index (κ3) is 3.40. The number of aryl methyl sites for hydroxylation is 1. The molecule has 0 N–H and O–H groups in total. The maximum atomic E-state index is 14.1. The summed E-state index contributed by atoms with van der Waals surface area (Å²) < 4.78 is 43.5. The van der Waals surface area contributed by atoms with Crippen molar-refractivity contribution in [1.29, 1.82) is 0 Å². The van der Waals surface area contributed by atoms with Crippen LogP contribution >= 0.6 is 0 Å². The molecule has 0 radical (unpaired) electrons. The number of anilines is 1. The van der Waals surface area contributed by atoms with E-state index in [1.807, 2.05) is 73.7 Å². The molecule has 0 spiro atoms. The second-order valence-corrected chi connectivity index (χ2v) is 12.5. The summed E-state index contributed by atoms with van der Waals surface area (Å²) in [5.74, 6) is -0.990. The molecule has 7 rings (SSSR count). The molecule has 0 unspecified atom stereocenters. The van der Waals surface area contributed by atoms with Gasteiger partial charge in [-0.15, -0.1) is 0 Å². The number of ether oxygens (including phenoxy) is 2. The molecule has 38 heavy (non-hydrogen) atoms. The van der Waals surface area contributed by atoms with Crippen LogP contribution in [0.25, 0.3) is 0 Å². The summed E-state index contributed by atoms with van der Waals surface area (Å²) in [6, 6.07) is 35.3. The Hall–Kier alpha value is -3.45. The van der Waals surface area contributed by atoms with E-state index in [1.165, 1.54) is 0 Å². The van der Waals surface area contributed by atoms with Gasteiger partial charge < -0.3 is 9.47 Å². The fourth-order valence-corrected chi connectivity index (χ4v) is 8.13. The molecule has 0 saturated carbocycles. The van der Waals surface area contributed by atoms with Crippen LogP contribution in [-0.2, 0) is 30.9 Å². The van der Waals surface area contributed by atoms with E-state index in [4.69, 9.17) is 9.47 Å². The molecule has 6 heteroatoms. The van der Waals surface area contributed by atoms with Gasteiger partial charge in [-0.1, -0.05) is 96.6 Å². The third-order valence-electron chi connectivity index (χ3n) is 8.49. The highest BCUT2D eigenvalue weighted by molar-refractivity contribution is 7.92. The second-order valence-electron chi connectivity index (χ2n) is 10.6. The Morgan fingerprint density at radius 3 is 2.13 bits per heavy atom. The van der Waals surface area contributed by atoms with Gasteiger partial charge in [-0.25, -0.2) is 8.42 Å². The molecule has 192 valence electrons. The largest absolute Gasteiger partial charge is 0.342 e. The van der Waals surface area contributed by atoms with Crippen molar-refractivity contribution in [3.63, 3.8) is 0 Å². The topological polar surface area (TPSA) is 55.8 Å². The highest BCUT2D eigenvalue weighted by Crippen LogP contribution is 2.63. The van der Waals surface area contributed by atoms with E-state index in [0.29, 0.717) is 24.5 Å². The van der Waals surface area contributed by atoms with Crippen molar-refractivity contribution in [3.8, 4) is 0 Å². The molecule has 3 aliphatic rings. The standard InChI is InChI=1S/C32H29NO4S/c1-23-16-18-26(19-17-23)38(34,35)33-21-29-28(27-14-8-9-15-30(27)33)20-32(25-12-6-3-7-13-25)36-22-31(29,37-32)24-10-4-2-5-11-24/h2-19,28-29H,20-22H2,1H3/t28-,29-,31+,32+/m1/s1. The summed E-state index contributed by atoms with van der Waals surface area (Å²) in [5.41, 5.74) is 3.99. The number of sulfonamides is 1. The van der Waals surface area contributed by atoms with E-state index in [0.717, 1.165) is 27.9 Å². The van der Waals surface area contributed by atoms with Crippen molar-refractivity contribution in [2.45, 2.75) is 35.5 Å². The summed E-state index contributed by atoms with van der Waals surface area (Å²) >= 11 is 0. The van der Waals surface area contributed by atoms with E-state index in [2.05, 4.69) is 30.3 Å². The van der Waals surface area contributed by atoms with Gasteiger partial charge in [0, 0.05) is 24.4 Å². The van der Waals surface area contributed by atoms with Crippen molar-refractivity contribution >= 4 is 15.7 Å². The number of para-hydroxylation sites is 1. The van der Waals surface area contributed by atoms with Crippen LogP contribution in [-0.4, -0.2) is 21.6 Å². The van der Waals surface area contributed by atoms with Gasteiger partial charge in [0.25, 0.3) is 10.0 Å². The highest BCUT2D eigenvalue weighted by atomic mass is 32.2. The van der Waals surface area contributed by atoms with Gasteiger partial charge in [0.1, 0.15) is 5.60 Å². The Balaban J connectivity index is 1.42. The van der Waals surface area contributed by atoms with Crippen LogP contribution in [0.2, 0.25) is 0 Å². The quantitative estimate of drug-likeness (QED) is 0.324. The van der Waals surface area contributed by atoms with Crippen LogP contribution in [0.4, 0.5) is 5.69 Å². The lowest BCUT2D eigenvalue weighted by molar-refractivity contribution is -0.245. The first kappa shape index (κ1) is 23.7. The maximum Gasteiger partial charge on any atom is 0.264 e. The molecular formula is C32H29NO4S. The van der Waals surface area contributed by atoms with E-state index in [1.54, 1.807) is 16.4 Å². The summed E-state index contributed by atoms with van der Waals surface area (Å²) in [4.78, 5) is 0.295. The number of nitrogens with zero attached hydrogens (tertiary/aromatic N) is 1. The first-order valence-corrected chi connectivity index (χ1v) is 14.5. The molecule has 4 aromatic rings. The maximum absolute atomic E-state index is 14.1. The zero-order valence-corrected chi connectivity index (χ0v) is 22.0. The molecule has 4 atom stereocenters. The summed E-state index contributed by atoms with van der Waals surface area (Å²) in [7, 11) is -3.80. The first-order chi connectivity index (χ1) is 18.4. The van der Waals surface area contributed by atoms with Gasteiger partial charge in [0.05, 0.1) is 17.2 Å². The van der Waals surface area contributed by atoms with E-state index in [9.17, 15) is 8.42 Å². The van der Waals surface area contributed by atoms with E-state index >= 15 is 0 Å². The average molecular weight is 524 g/mol. The minimum Gasteiger partial charge on any atom is -0.342 e. The fourth-order valence-electron chi connectivity index (χ4n) is 6.62. The van der Waals surface area contributed by atoms with Crippen LogP contribution in [0, 0.1) is 12.8 Å². The number of fused-ring (bicyclic) bond motifs is 6. The Morgan fingerprint density at radius 1 is 0.789 bits per heavy atom.